The van der Waals surface area contributed by atoms with Gasteiger partial charge < -0.3 is 9.32 Å². The maximum atomic E-state index is 6.42. The van der Waals surface area contributed by atoms with Crippen molar-refractivity contribution in [1.29, 1.82) is 0 Å². The molecule has 50 heavy (non-hydrogen) atoms. The molecule has 1 aromatic heterocycles. The lowest BCUT2D eigenvalue weighted by atomic mass is 9.83. The second-order valence-corrected chi connectivity index (χ2v) is 13.5. The van der Waals surface area contributed by atoms with Crippen molar-refractivity contribution >= 4 is 39.0 Å². The lowest BCUT2D eigenvalue weighted by Gasteiger charge is -2.31. The zero-order valence-corrected chi connectivity index (χ0v) is 28.1. The summed E-state index contributed by atoms with van der Waals surface area (Å²) in [6.45, 7) is 0. The molecule has 0 unspecified atom stereocenters. The fourth-order valence-electron chi connectivity index (χ4n) is 8.09. The molecule has 8 aromatic rings. The number of anilines is 3. The Balaban J connectivity index is 1.21. The van der Waals surface area contributed by atoms with Crippen LogP contribution in [0.3, 0.4) is 0 Å². The summed E-state index contributed by atoms with van der Waals surface area (Å²) in [7, 11) is 0. The van der Waals surface area contributed by atoms with E-state index in [0.29, 0.717) is 5.92 Å². The fraction of sp³-hybridized carbons (Fsp3) is 0.125. The number of fused-ring (bicyclic) bond motifs is 3. The third-order valence-corrected chi connectivity index (χ3v) is 10.5. The van der Waals surface area contributed by atoms with Gasteiger partial charge in [0, 0.05) is 33.9 Å². The molecule has 1 heterocycles. The van der Waals surface area contributed by atoms with Crippen LogP contribution in [0.4, 0.5) is 17.1 Å². The summed E-state index contributed by atoms with van der Waals surface area (Å²) in [6, 6.07) is 61.5. The third-order valence-electron chi connectivity index (χ3n) is 10.5. The van der Waals surface area contributed by atoms with Crippen molar-refractivity contribution < 1.29 is 4.42 Å². The molecule has 0 radical (unpaired) electrons. The van der Waals surface area contributed by atoms with E-state index in [-0.39, 0.29) is 0 Å². The Morgan fingerprint density at radius 1 is 0.440 bits per heavy atom. The molecule has 1 aliphatic carbocycles. The van der Waals surface area contributed by atoms with Crippen LogP contribution < -0.4 is 4.90 Å². The van der Waals surface area contributed by atoms with Crippen molar-refractivity contribution in [2.75, 3.05) is 4.90 Å². The van der Waals surface area contributed by atoms with Gasteiger partial charge in [-0.3, -0.25) is 0 Å². The summed E-state index contributed by atoms with van der Waals surface area (Å²) in [5.41, 5.74) is 14.1. The van der Waals surface area contributed by atoms with Crippen LogP contribution in [0, 0.1) is 0 Å². The molecular formula is C48H39NO. The predicted molar refractivity (Wildman–Crippen MR) is 211 cm³/mol. The average Bonchev–Trinajstić information content (AvgIpc) is 3.57. The second-order valence-electron chi connectivity index (χ2n) is 13.5. The molecule has 1 saturated carbocycles. The van der Waals surface area contributed by atoms with Crippen LogP contribution in [0.15, 0.2) is 174 Å². The van der Waals surface area contributed by atoms with Crippen molar-refractivity contribution in [3.05, 3.63) is 175 Å². The molecule has 242 valence electrons. The molecule has 0 bridgehead atoms. The number of nitrogens with zero attached hydrogens (tertiary/aromatic N) is 1. The van der Waals surface area contributed by atoms with Gasteiger partial charge in [0.1, 0.15) is 11.2 Å². The van der Waals surface area contributed by atoms with E-state index in [2.05, 4.69) is 169 Å². The molecule has 0 aliphatic heterocycles. The summed E-state index contributed by atoms with van der Waals surface area (Å²) >= 11 is 0. The summed E-state index contributed by atoms with van der Waals surface area (Å²) in [6.07, 6.45) is 6.41. The Labute approximate surface area is 294 Å². The molecule has 1 aliphatic rings. The van der Waals surface area contributed by atoms with Crippen molar-refractivity contribution in [2.45, 2.75) is 38.0 Å². The normalized spacial score (nSPS) is 13.5. The van der Waals surface area contributed by atoms with E-state index in [1.807, 2.05) is 6.07 Å². The van der Waals surface area contributed by atoms with Crippen LogP contribution in [-0.2, 0) is 0 Å². The topological polar surface area (TPSA) is 16.4 Å². The third kappa shape index (κ3) is 5.57. The molecule has 0 saturated heterocycles. The zero-order valence-electron chi connectivity index (χ0n) is 28.1. The smallest absolute Gasteiger partial charge is 0.137 e. The minimum atomic E-state index is 0.558. The van der Waals surface area contributed by atoms with Gasteiger partial charge in [-0.2, -0.15) is 0 Å². The Kier molecular flexibility index (Phi) is 7.99. The first kappa shape index (κ1) is 30.2. The number of rotatable bonds is 7. The Hall–Kier alpha value is -5.86. The van der Waals surface area contributed by atoms with Crippen LogP contribution in [-0.4, -0.2) is 0 Å². The van der Waals surface area contributed by atoms with Gasteiger partial charge in [0.2, 0.25) is 0 Å². The van der Waals surface area contributed by atoms with Crippen LogP contribution in [0.1, 0.15) is 43.6 Å². The van der Waals surface area contributed by atoms with Gasteiger partial charge >= 0.3 is 0 Å². The van der Waals surface area contributed by atoms with Crippen LogP contribution in [0.5, 0.6) is 0 Å². The second kappa shape index (κ2) is 13.2. The molecule has 1 fully saturated rings. The highest BCUT2D eigenvalue weighted by Gasteiger charge is 2.24. The molecule has 0 spiro atoms. The van der Waals surface area contributed by atoms with Crippen molar-refractivity contribution in [1.82, 2.24) is 0 Å². The number of hydrogen-bond donors (Lipinski definition) is 0. The first-order valence-electron chi connectivity index (χ1n) is 18.0. The molecule has 2 heteroatoms. The number of hydrogen-bond acceptors (Lipinski definition) is 2. The van der Waals surface area contributed by atoms with Crippen LogP contribution in [0.2, 0.25) is 0 Å². The van der Waals surface area contributed by atoms with E-state index in [1.54, 1.807) is 0 Å². The molecular weight excluding hydrogens is 607 g/mol. The van der Waals surface area contributed by atoms with E-state index in [1.165, 1.54) is 76.7 Å². The minimum absolute atomic E-state index is 0.558. The Bertz CT molecular complexity index is 2340. The first-order valence-corrected chi connectivity index (χ1v) is 18.0. The maximum Gasteiger partial charge on any atom is 0.137 e. The molecule has 2 nitrogen and oxygen atoms in total. The van der Waals surface area contributed by atoms with E-state index in [4.69, 9.17) is 4.42 Å². The quantitative estimate of drug-likeness (QED) is 0.171. The Morgan fingerprint density at radius 2 is 1.04 bits per heavy atom. The summed E-state index contributed by atoms with van der Waals surface area (Å²) < 4.78 is 6.42. The monoisotopic (exact) mass is 645 g/mol. The van der Waals surface area contributed by atoms with E-state index in [0.717, 1.165) is 33.3 Å². The van der Waals surface area contributed by atoms with Gasteiger partial charge in [-0.15, -0.1) is 0 Å². The fourth-order valence-corrected chi connectivity index (χ4v) is 8.09. The summed E-state index contributed by atoms with van der Waals surface area (Å²) in [4.78, 5) is 2.45. The highest BCUT2D eigenvalue weighted by atomic mass is 16.3. The van der Waals surface area contributed by atoms with Crippen LogP contribution >= 0.6 is 0 Å². The van der Waals surface area contributed by atoms with Gasteiger partial charge in [0.05, 0.1) is 0 Å². The van der Waals surface area contributed by atoms with Gasteiger partial charge in [-0.25, -0.2) is 0 Å². The molecule has 0 N–H and O–H groups in total. The predicted octanol–water partition coefficient (Wildman–Crippen LogP) is 14.1. The Morgan fingerprint density at radius 3 is 1.76 bits per heavy atom. The summed E-state index contributed by atoms with van der Waals surface area (Å²) in [5, 5.41) is 2.30. The number of para-hydroxylation sites is 2. The zero-order chi connectivity index (χ0) is 33.3. The first-order chi connectivity index (χ1) is 24.8. The van der Waals surface area contributed by atoms with Crippen LogP contribution in [0.25, 0.3) is 55.3 Å². The number of benzene rings is 7. The standard InChI is InChI=1S/C48H39NO/c1-4-15-34(16-5-1)40-21-10-12-25-45(40)49(39-31-32-44-43-22-11-13-26-46(43)50-47(44)33-39)38-29-27-37(28-30-38)48-41(35-17-6-2-7-18-35)23-14-24-42(48)36-19-8-3-9-20-36/h2-3,6-14,17-34H,1,4-5,15-16H2. The van der Waals surface area contributed by atoms with Gasteiger partial charge in [0.15, 0.2) is 0 Å². The average molecular weight is 646 g/mol. The molecule has 7 aromatic carbocycles. The minimum Gasteiger partial charge on any atom is -0.456 e. The largest absolute Gasteiger partial charge is 0.456 e. The van der Waals surface area contributed by atoms with E-state index >= 15 is 0 Å². The van der Waals surface area contributed by atoms with Gasteiger partial charge in [0.25, 0.3) is 0 Å². The highest BCUT2D eigenvalue weighted by molar-refractivity contribution is 6.06. The molecule has 0 amide bonds. The summed E-state index contributed by atoms with van der Waals surface area (Å²) in [5.74, 6) is 0.558. The van der Waals surface area contributed by atoms with Gasteiger partial charge in [-0.05, 0) is 94.1 Å². The van der Waals surface area contributed by atoms with E-state index in [9.17, 15) is 0 Å². The maximum absolute atomic E-state index is 6.42. The number of furan rings is 1. The van der Waals surface area contributed by atoms with Crippen molar-refractivity contribution in [3.63, 3.8) is 0 Å². The lowest BCUT2D eigenvalue weighted by Crippen LogP contribution is -2.15. The lowest BCUT2D eigenvalue weighted by molar-refractivity contribution is 0.444. The molecule has 0 atom stereocenters. The SMILES string of the molecule is c1ccc(-c2cccc(-c3ccccc3)c2-c2ccc(N(c3ccc4c(c3)oc3ccccc34)c3ccccc3C3CCCCC3)cc2)cc1. The van der Waals surface area contributed by atoms with E-state index < -0.39 is 0 Å². The highest BCUT2D eigenvalue weighted by Crippen LogP contribution is 2.46. The van der Waals surface area contributed by atoms with Crippen molar-refractivity contribution in [2.24, 2.45) is 0 Å². The van der Waals surface area contributed by atoms with Crippen molar-refractivity contribution in [3.8, 4) is 33.4 Å². The van der Waals surface area contributed by atoms with Gasteiger partial charge in [-0.1, -0.05) is 147 Å². The molecule has 9 rings (SSSR count).